The summed E-state index contributed by atoms with van der Waals surface area (Å²) in [7, 11) is 0. The molecule has 4 amide bonds. The van der Waals surface area contributed by atoms with Crippen LogP contribution >= 0.6 is 12.6 Å². The molecule has 13 heteroatoms. The van der Waals surface area contributed by atoms with Gasteiger partial charge in [-0.05, 0) is 19.3 Å². The maximum Gasteiger partial charge on any atom is 0.326 e. The highest BCUT2D eigenvalue weighted by Crippen LogP contribution is 2.07. The van der Waals surface area contributed by atoms with Crippen LogP contribution in [0.1, 0.15) is 33.6 Å². The van der Waals surface area contributed by atoms with E-state index in [2.05, 4.69) is 28.6 Å². The first-order chi connectivity index (χ1) is 13.8. The fraction of sp³-hybridized carbons (Fsp3) is 0.706. The third-order valence-electron chi connectivity index (χ3n) is 4.00. The minimum absolute atomic E-state index is 0.0619. The van der Waals surface area contributed by atoms with Crippen molar-refractivity contribution in [3.63, 3.8) is 0 Å². The molecule has 0 aromatic heterocycles. The molecule has 5 unspecified atom stereocenters. The number of hydrogen-bond donors (Lipinski definition) is 8. The highest BCUT2D eigenvalue weighted by molar-refractivity contribution is 7.80. The maximum atomic E-state index is 12.5. The van der Waals surface area contributed by atoms with Gasteiger partial charge in [0.15, 0.2) is 0 Å². The van der Waals surface area contributed by atoms with Crippen molar-refractivity contribution < 1.29 is 34.2 Å². The summed E-state index contributed by atoms with van der Waals surface area (Å²) in [6, 6.07) is -5.11. The molecule has 0 aromatic rings. The largest absolute Gasteiger partial charge is 0.480 e. The molecule has 5 atom stereocenters. The van der Waals surface area contributed by atoms with Crippen LogP contribution in [0.3, 0.4) is 0 Å². The van der Waals surface area contributed by atoms with Crippen LogP contribution in [-0.2, 0) is 24.0 Å². The van der Waals surface area contributed by atoms with Gasteiger partial charge in [-0.2, -0.15) is 12.6 Å². The quantitative estimate of drug-likeness (QED) is 0.136. The van der Waals surface area contributed by atoms with E-state index < -0.39 is 66.3 Å². The Labute approximate surface area is 179 Å². The Hall–Kier alpha value is -2.38. The molecule has 0 aromatic carbocycles. The van der Waals surface area contributed by atoms with Gasteiger partial charge in [0, 0.05) is 5.75 Å². The van der Waals surface area contributed by atoms with E-state index in [9.17, 15) is 29.1 Å². The topological polar surface area (TPSA) is 214 Å². The molecular formula is C17H31N5O7S. The number of carboxylic acid groups (broad SMARTS) is 1. The summed E-state index contributed by atoms with van der Waals surface area (Å²) in [6.07, 6.45) is -1.61. The van der Waals surface area contributed by atoms with Gasteiger partial charge in [-0.15, -0.1) is 0 Å². The fourth-order valence-corrected chi connectivity index (χ4v) is 2.59. The van der Waals surface area contributed by atoms with E-state index in [1.54, 1.807) is 13.8 Å². The number of thiol groups is 1. The van der Waals surface area contributed by atoms with Gasteiger partial charge in [0.25, 0.3) is 0 Å². The fourth-order valence-electron chi connectivity index (χ4n) is 2.33. The second-order valence-corrected chi connectivity index (χ2v) is 7.64. The lowest BCUT2D eigenvalue weighted by molar-refractivity contribution is -0.143. The molecule has 9 N–H and O–H groups in total. The zero-order valence-electron chi connectivity index (χ0n) is 17.1. The Balaban J connectivity index is 5.31. The monoisotopic (exact) mass is 449 g/mol. The van der Waals surface area contributed by atoms with E-state index >= 15 is 0 Å². The van der Waals surface area contributed by atoms with Crippen molar-refractivity contribution in [2.45, 2.75) is 63.9 Å². The lowest BCUT2D eigenvalue weighted by Crippen LogP contribution is -2.59. The van der Waals surface area contributed by atoms with Gasteiger partial charge in [0.1, 0.15) is 24.2 Å². The second-order valence-electron chi connectivity index (χ2n) is 7.27. The number of nitrogens with two attached hydrogens (primary N) is 2. The summed E-state index contributed by atoms with van der Waals surface area (Å²) in [5, 5.41) is 25.5. The van der Waals surface area contributed by atoms with Crippen LogP contribution in [0, 0.1) is 5.92 Å². The number of aliphatic hydroxyl groups is 1. The summed E-state index contributed by atoms with van der Waals surface area (Å²) < 4.78 is 0. The van der Waals surface area contributed by atoms with E-state index in [-0.39, 0.29) is 18.1 Å². The van der Waals surface area contributed by atoms with Gasteiger partial charge in [-0.3, -0.25) is 19.2 Å². The number of primary amides is 1. The molecule has 0 aliphatic heterocycles. The first-order valence-corrected chi connectivity index (χ1v) is 9.90. The molecular weight excluding hydrogens is 418 g/mol. The molecule has 0 saturated carbocycles. The molecule has 172 valence electrons. The highest BCUT2D eigenvalue weighted by atomic mass is 32.1. The first kappa shape index (κ1) is 27.6. The van der Waals surface area contributed by atoms with Gasteiger partial charge >= 0.3 is 5.97 Å². The summed E-state index contributed by atoms with van der Waals surface area (Å²) in [5.74, 6) is -4.91. The molecule has 12 nitrogen and oxygen atoms in total. The number of carbonyl (C=O) groups excluding carboxylic acids is 4. The minimum Gasteiger partial charge on any atom is -0.480 e. The summed E-state index contributed by atoms with van der Waals surface area (Å²) in [4.78, 5) is 59.3. The Morgan fingerprint density at radius 2 is 1.37 bits per heavy atom. The molecule has 0 aliphatic carbocycles. The lowest BCUT2D eigenvalue weighted by atomic mass is 10.0. The third-order valence-corrected chi connectivity index (χ3v) is 4.36. The predicted molar refractivity (Wildman–Crippen MR) is 110 cm³/mol. The van der Waals surface area contributed by atoms with Gasteiger partial charge in [-0.25, -0.2) is 4.79 Å². The van der Waals surface area contributed by atoms with E-state index in [1.165, 1.54) is 6.92 Å². The van der Waals surface area contributed by atoms with E-state index in [0.29, 0.717) is 0 Å². The molecule has 0 heterocycles. The number of aliphatic carboxylic acids is 1. The van der Waals surface area contributed by atoms with Crippen molar-refractivity contribution in [1.82, 2.24) is 16.0 Å². The van der Waals surface area contributed by atoms with E-state index in [1.807, 2.05) is 0 Å². The number of amides is 4. The minimum atomic E-state index is -1.55. The second kappa shape index (κ2) is 13.0. The van der Waals surface area contributed by atoms with Crippen molar-refractivity contribution in [1.29, 1.82) is 0 Å². The van der Waals surface area contributed by atoms with Gasteiger partial charge in [-0.1, -0.05) is 13.8 Å². The van der Waals surface area contributed by atoms with E-state index in [0.717, 1.165) is 0 Å². The van der Waals surface area contributed by atoms with Crippen LogP contribution in [0.5, 0.6) is 0 Å². The highest BCUT2D eigenvalue weighted by Gasteiger charge is 2.31. The molecule has 0 spiro atoms. The van der Waals surface area contributed by atoms with Gasteiger partial charge < -0.3 is 37.6 Å². The number of nitrogens with one attached hydrogen (secondary N) is 3. The summed E-state index contributed by atoms with van der Waals surface area (Å²) in [5.41, 5.74) is 10.5. The normalized spacial score (nSPS) is 16.0. The van der Waals surface area contributed by atoms with Crippen molar-refractivity contribution in [3.05, 3.63) is 0 Å². The molecule has 0 radical (unpaired) electrons. The number of aliphatic hydroxyl groups excluding tert-OH is 1. The number of carbonyl (C=O) groups is 5. The third kappa shape index (κ3) is 9.89. The number of hydrogen-bond acceptors (Lipinski definition) is 8. The zero-order valence-corrected chi connectivity index (χ0v) is 18.0. The molecule has 0 rings (SSSR count). The van der Waals surface area contributed by atoms with Crippen molar-refractivity contribution in [3.8, 4) is 0 Å². The van der Waals surface area contributed by atoms with Crippen molar-refractivity contribution in [2.24, 2.45) is 17.4 Å². The Bertz CT molecular complexity index is 644. The summed E-state index contributed by atoms with van der Waals surface area (Å²) >= 11 is 4.01. The molecule has 0 bridgehead atoms. The Morgan fingerprint density at radius 1 is 0.900 bits per heavy atom. The zero-order chi connectivity index (χ0) is 23.6. The van der Waals surface area contributed by atoms with Crippen molar-refractivity contribution in [2.75, 3.05) is 5.75 Å². The standard InChI is InChI=1S/C17H31N5O7S/c1-7(2)4-9(14(25)21-10(17(28)29)5-12(18)24)20-15(26)11(6-30)22-16(27)13(19)8(3)23/h7-11,13,23,30H,4-6,19H2,1-3H3,(H2,18,24)(H,20,26)(H,21,25)(H,22,27)(H,28,29). The number of carboxylic acids is 1. The Morgan fingerprint density at radius 3 is 1.77 bits per heavy atom. The number of rotatable bonds is 13. The smallest absolute Gasteiger partial charge is 0.326 e. The van der Waals surface area contributed by atoms with Crippen LogP contribution < -0.4 is 27.4 Å². The van der Waals surface area contributed by atoms with Crippen LogP contribution in [-0.4, -0.2) is 75.8 Å². The van der Waals surface area contributed by atoms with E-state index in [4.69, 9.17) is 16.6 Å². The van der Waals surface area contributed by atoms with Crippen molar-refractivity contribution >= 4 is 42.2 Å². The molecule has 0 fully saturated rings. The maximum absolute atomic E-state index is 12.5. The Kier molecular flexibility index (Phi) is 12.0. The average Bonchev–Trinajstić information content (AvgIpc) is 2.62. The molecule has 0 saturated heterocycles. The van der Waals surface area contributed by atoms with Crippen LogP contribution in [0.25, 0.3) is 0 Å². The predicted octanol–water partition coefficient (Wildman–Crippen LogP) is -2.92. The van der Waals surface area contributed by atoms with Gasteiger partial charge in [0.05, 0.1) is 12.5 Å². The van der Waals surface area contributed by atoms with Crippen LogP contribution in [0.15, 0.2) is 0 Å². The lowest BCUT2D eigenvalue weighted by Gasteiger charge is -2.25. The molecule has 0 aliphatic rings. The molecule has 30 heavy (non-hydrogen) atoms. The first-order valence-electron chi connectivity index (χ1n) is 9.26. The van der Waals surface area contributed by atoms with Crippen LogP contribution in [0.2, 0.25) is 0 Å². The average molecular weight is 450 g/mol. The SMILES string of the molecule is CC(C)CC(NC(=O)C(CS)NC(=O)C(N)C(C)O)C(=O)NC(CC(N)=O)C(=O)O. The van der Waals surface area contributed by atoms with Crippen LogP contribution in [0.4, 0.5) is 0 Å². The van der Waals surface area contributed by atoms with Gasteiger partial charge in [0.2, 0.25) is 23.6 Å². The summed E-state index contributed by atoms with van der Waals surface area (Å²) in [6.45, 7) is 4.88.